The molecule has 3 rings (SSSR count). The minimum absolute atomic E-state index is 0.211. The Morgan fingerprint density at radius 3 is 2.76 bits per heavy atom. The normalized spacial score (nSPS) is 20.7. The second-order valence-corrected chi connectivity index (χ2v) is 7.00. The van der Waals surface area contributed by atoms with Gasteiger partial charge in [0.2, 0.25) is 5.91 Å². The first-order valence-electron chi connectivity index (χ1n) is 8.40. The molecule has 1 unspecified atom stereocenters. The highest BCUT2D eigenvalue weighted by Crippen LogP contribution is 2.30. The Hall–Kier alpha value is -2.57. The van der Waals surface area contributed by atoms with Gasteiger partial charge in [0.15, 0.2) is 5.76 Å². The van der Waals surface area contributed by atoms with Crippen LogP contribution in [0.4, 0.5) is 0 Å². The van der Waals surface area contributed by atoms with Gasteiger partial charge in [-0.2, -0.15) is 0 Å². The number of aromatic nitrogens is 1. The average Bonchev–Trinajstić information content (AvgIpc) is 3.16. The number of piperidine rings is 1. The van der Waals surface area contributed by atoms with Crippen molar-refractivity contribution in [2.75, 3.05) is 13.1 Å². The zero-order chi connectivity index (χ0) is 18.2. The Bertz CT molecular complexity index is 788. The van der Waals surface area contributed by atoms with Crippen LogP contribution in [0.25, 0.3) is 0 Å². The van der Waals surface area contributed by atoms with E-state index < -0.39 is 5.41 Å². The molecule has 7 heteroatoms. The highest BCUT2D eigenvalue weighted by molar-refractivity contribution is 5.92. The van der Waals surface area contributed by atoms with E-state index in [1.165, 1.54) is 0 Å². The topological polar surface area (TPSA) is 103 Å². The van der Waals surface area contributed by atoms with Crippen molar-refractivity contribution in [3.05, 3.63) is 40.7 Å². The van der Waals surface area contributed by atoms with Crippen LogP contribution >= 0.6 is 0 Å². The van der Waals surface area contributed by atoms with Gasteiger partial charge in [0.25, 0.3) is 5.91 Å². The van der Waals surface area contributed by atoms with E-state index in [1.54, 1.807) is 24.0 Å². The third-order valence-corrected chi connectivity index (χ3v) is 4.98. The quantitative estimate of drug-likeness (QED) is 0.915. The Morgan fingerprint density at radius 2 is 2.12 bits per heavy atom. The van der Waals surface area contributed by atoms with E-state index in [0.29, 0.717) is 31.7 Å². The van der Waals surface area contributed by atoms with Gasteiger partial charge in [-0.3, -0.25) is 9.59 Å². The number of hydrogen-bond acceptors (Lipinski definition) is 5. The predicted molar refractivity (Wildman–Crippen MR) is 89.9 cm³/mol. The molecular formula is C18H23N3O4. The molecule has 2 N–H and O–H groups in total. The molecule has 3 heterocycles. The van der Waals surface area contributed by atoms with Crippen LogP contribution in [0.3, 0.4) is 0 Å². The van der Waals surface area contributed by atoms with Gasteiger partial charge >= 0.3 is 0 Å². The first-order valence-corrected chi connectivity index (χ1v) is 8.40. The molecule has 1 aliphatic rings. The van der Waals surface area contributed by atoms with E-state index in [2.05, 4.69) is 5.16 Å². The van der Waals surface area contributed by atoms with Crippen molar-refractivity contribution in [3.8, 4) is 0 Å². The van der Waals surface area contributed by atoms with E-state index >= 15 is 0 Å². The van der Waals surface area contributed by atoms with Crippen LogP contribution in [-0.2, 0) is 11.2 Å². The molecule has 0 saturated carbocycles. The van der Waals surface area contributed by atoms with E-state index in [-0.39, 0.29) is 17.6 Å². The molecule has 0 aliphatic carbocycles. The summed E-state index contributed by atoms with van der Waals surface area (Å²) in [5.41, 5.74) is 6.60. The molecule has 1 saturated heterocycles. The lowest BCUT2D eigenvalue weighted by atomic mass is 9.81. The average molecular weight is 345 g/mol. The number of nitrogens with zero attached hydrogens (tertiary/aromatic N) is 2. The summed E-state index contributed by atoms with van der Waals surface area (Å²) < 4.78 is 10.9. The van der Waals surface area contributed by atoms with Crippen molar-refractivity contribution in [1.82, 2.24) is 10.1 Å². The number of aryl methyl sites for hydroxylation is 2. The third-order valence-electron chi connectivity index (χ3n) is 4.98. The molecule has 1 aliphatic heterocycles. The van der Waals surface area contributed by atoms with Gasteiger partial charge in [-0.15, -0.1) is 0 Å². The molecule has 0 bridgehead atoms. The second kappa shape index (κ2) is 6.38. The number of amides is 2. The maximum atomic E-state index is 12.7. The minimum atomic E-state index is -0.681. The third kappa shape index (κ3) is 3.31. The van der Waals surface area contributed by atoms with Crippen molar-refractivity contribution in [2.24, 2.45) is 11.1 Å². The Morgan fingerprint density at radius 1 is 1.36 bits per heavy atom. The van der Waals surface area contributed by atoms with Crippen molar-refractivity contribution in [1.29, 1.82) is 0 Å². The van der Waals surface area contributed by atoms with Crippen molar-refractivity contribution in [2.45, 2.75) is 40.0 Å². The molecule has 1 fully saturated rings. The molecule has 25 heavy (non-hydrogen) atoms. The first kappa shape index (κ1) is 17.3. The fourth-order valence-corrected chi connectivity index (χ4v) is 3.29. The maximum absolute atomic E-state index is 12.7. The fourth-order valence-electron chi connectivity index (χ4n) is 3.29. The summed E-state index contributed by atoms with van der Waals surface area (Å²) in [6.07, 6.45) is 1.97. The van der Waals surface area contributed by atoms with Crippen molar-refractivity contribution >= 4 is 11.8 Å². The number of carbonyl (C=O) groups is 2. The van der Waals surface area contributed by atoms with Gasteiger partial charge in [0.05, 0.1) is 11.1 Å². The van der Waals surface area contributed by atoms with Gasteiger partial charge in [-0.1, -0.05) is 5.16 Å². The number of nitrogens with two attached hydrogens (primary N) is 1. The number of furan rings is 1. The van der Waals surface area contributed by atoms with Gasteiger partial charge in [-0.25, -0.2) is 0 Å². The van der Waals surface area contributed by atoms with Gasteiger partial charge < -0.3 is 19.6 Å². The molecule has 2 amide bonds. The van der Waals surface area contributed by atoms with Crippen LogP contribution in [0, 0.1) is 19.3 Å². The Balaban J connectivity index is 1.73. The number of rotatable bonds is 4. The van der Waals surface area contributed by atoms with E-state index in [9.17, 15) is 9.59 Å². The van der Waals surface area contributed by atoms with E-state index in [4.69, 9.17) is 14.7 Å². The number of likely N-dealkylation sites (tertiary alicyclic amines) is 1. The standard InChI is InChI=1S/C18H23N3O4/c1-11-14(12(2)25-20-11)9-13-5-6-15(24-13)16(22)21-8-4-7-18(3,10-21)17(19)23/h5-6H,4,7-10H2,1-3H3,(H2,19,23). The van der Waals surface area contributed by atoms with Crippen LogP contribution in [0.15, 0.2) is 21.1 Å². The van der Waals surface area contributed by atoms with Crippen molar-refractivity contribution in [3.63, 3.8) is 0 Å². The van der Waals surface area contributed by atoms with Gasteiger partial charge in [0, 0.05) is 25.1 Å². The summed E-state index contributed by atoms with van der Waals surface area (Å²) >= 11 is 0. The molecule has 7 nitrogen and oxygen atoms in total. The van der Waals surface area contributed by atoms with E-state index in [1.807, 2.05) is 13.8 Å². The molecule has 0 aromatic carbocycles. The number of primary amides is 1. The molecule has 2 aromatic rings. The smallest absolute Gasteiger partial charge is 0.289 e. The monoisotopic (exact) mass is 345 g/mol. The summed E-state index contributed by atoms with van der Waals surface area (Å²) in [5.74, 6) is 1.11. The zero-order valence-electron chi connectivity index (χ0n) is 14.8. The lowest BCUT2D eigenvalue weighted by molar-refractivity contribution is -0.129. The van der Waals surface area contributed by atoms with Crippen LogP contribution in [-0.4, -0.2) is 35.0 Å². The van der Waals surface area contributed by atoms with Crippen LogP contribution in [0.1, 0.15) is 53.1 Å². The minimum Gasteiger partial charge on any atom is -0.456 e. The fraction of sp³-hybridized carbons (Fsp3) is 0.500. The van der Waals surface area contributed by atoms with Crippen LogP contribution in [0.5, 0.6) is 0 Å². The predicted octanol–water partition coefficient (Wildman–Crippen LogP) is 2.20. The summed E-state index contributed by atoms with van der Waals surface area (Å²) in [4.78, 5) is 26.0. The molecule has 2 aromatic heterocycles. The molecule has 1 atom stereocenters. The molecular weight excluding hydrogens is 322 g/mol. The number of hydrogen-bond donors (Lipinski definition) is 1. The number of carbonyl (C=O) groups excluding carboxylic acids is 2. The summed E-state index contributed by atoms with van der Waals surface area (Å²) in [5, 5.41) is 3.92. The zero-order valence-corrected chi connectivity index (χ0v) is 14.8. The molecule has 134 valence electrons. The maximum Gasteiger partial charge on any atom is 0.289 e. The molecule has 0 spiro atoms. The van der Waals surface area contributed by atoms with Gasteiger partial charge in [-0.05, 0) is 45.7 Å². The van der Waals surface area contributed by atoms with Gasteiger partial charge in [0.1, 0.15) is 11.5 Å². The Kier molecular flexibility index (Phi) is 4.41. The first-order chi connectivity index (χ1) is 11.8. The van der Waals surface area contributed by atoms with Crippen molar-refractivity contribution < 1.29 is 18.5 Å². The lowest BCUT2D eigenvalue weighted by Gasteiger charge is -2.37. The summed E-state index contributed by atoms with van der Waals surface area (Å²) in [6, 6.07) is 3.46. The van der Waals surface area contributed by atoms with Crippen LogP contribution < -0.4 is 5.73 Å². The highest BCUT2D eigenvalue weighted by Gasteiger charge is 2.38. The largest absolute Gasteiger partial charge is 0.456 e. The Labute approximate surface area is 146 Å². The summed E-state index contributed by atoms with van der Waals surface area (Å²) in [6.45, 7) is 6.45. The summed E-state index contributed by atoms with van der Waals surface area (Å²) in [7, 11) is 0. The second-order valence-electron chi connectivity index (χ2n) is 7.00. The SMILES string of the molecule is Cc1noc(C)c1Cc1ccc(C(=O)N2CCCC(C)(C(N)=O)C2)o1. The van der Waals surface area contributed by atoms with E-state index in [0.717, 1.165) is 23.4 Å². The lowest BCUT2D eigenvalue weighted by Crippen LogP contribution is -2.50. The molecule has 0 radical (unpaired) electrons. The van der Waals surface area contributed by atoms with Crippen LogP contribution in [0.2, 0.25) is 0 Å². The highest BCUT2D eigenvalue weighted by atomic mass is 16.5.